The molecule has 1 atom stereocenters. The van der Waals surface area contributed by atoms with E-state index in [1.54, 1.807) is 48.5 Å². The molecular formula is C25H23NO5. The van der Waals surface area contributed by atoms with Crippen molar-refractivity contribution in [2.24, 2.45) is 0 Å². The molecule has 3 aromatic rings. The Balaban J connectivity index is 1.63. The zero-order chi connectivity index (χ0) is 22.2. The van der Waals surface area contributed by atoms with Crippen molar-refractivity contribution in [1.82, 2.24) is 0 Å². The largest absolute Gasteiger partial charge is 0.488 e. The number of ketones is 1. The first-order chi connectivity index (χ1) is 14.9. The number of hydrogen-bond acceptors (Lipinski definition) is 5. The van der Waals surface area contributed by atoms with Crippen molar-refractivity contribution in [2.75, 3.05) is 5.32 Å². The lowest BCUT2D eigenvalue weighted by molar-refractivity contribution is -0.123. The molecule has 0 aromatic heterocycles. The van der Waals surface area contributed by atoms with Crippen LogP contribution in [-0.4, -0.2) is 23.8 Å². The lowest BCUT2D eigenvalue weighted by Crippen LogP contribution is -2.30. The summed E-state index contributed by atoms with van der Waals surface area (Å²) >= 11 is 0. The monoisotopic (exact) mass is 417 g/mol. The maximum atomic E-state index is 12.7. The number of Topliss-reactive ketones (excluding diaryl/α,β-unsaturated/α-hetero) is 1. The summed E-state index contributed by atoms with van der Waals surface area (Å²) in [6.07, 6.45) is -1.05. The number of nitrogens with one attached hydrogen (secondary N) is 1. The van der Waals surface area contributed by atoms with Gasteiger partial charge in [-0.3, -0.25) is 9.59 Å². The number of hydrogen-bond donors (Lipinski definition) is 1. The number of carbonyl (C=O) groups is 3. The average molecular weight is 417 g/mol. The summed E-state index contributed by atoms with van der Waals surface area (Å²) in [5, 5.41) is 2.66. The van der Waals surface area contributed by atoms with Gasteiger partial charge in [0, 0.05) is 11.3 Å². The van der Waals surface area contributed by atoms with Crippen LogP contribution in [0.3, 0.4) is 0 Å². The Morgan fingerprint density at radius 1 is 0.903 bits per heavy atom. The predicted molar refractivity (Wildman–Crippen MR) is 117 cm³/mol. The van der Waals surface area contributed by atoms with Crippen LogP contribution in [0.2, 0.25) is 0 Å². The second-order valence-corrected chi connectivity index (χ2v) is 6.94. The van der Waals surface area contributed by atoms with Crippen molar-refractivity contribution < 1.29 is 23.9 Å². The Labute approximate surface area is 180 Å². The molecule has 6 heteroatoms. The third kappa shape index (κ3) is 6.02. The molecule has 0 aliphatic carbocycles. The fraction of sp³-hybridized carbons (Fsp3) is 0.160. The van der Waals surface area contributed by atoms with Crippen LogP contribution < -0.4 is 10.1 Å². The van der Waals surface area contributed by atoms with Crippen LogP contribution in [0.5, 0.6) is 5.75 Å². The third-order valence-corrected chi connectivity index (χ3v) is 4.53. The zero-order valence-corrected chi connectivity index (χ0v) is 17.3. The fourth-order valence-corrected chi connectivity index (χ4v) is 2.83. The highest BCUT2D eigenvalue weighted by Crippen LogP contribution is 2.21. The topological polar surface area (TPSA) is 81.7 Å². The molecule has 0 heterocycles. The minimum absolute atomic E-state index is 0.109. The number of para-hydroxylation sites is 1. The van der Waals surface area contributed by atoms with E-state index in [1.165, 1.54) is 13.8 Å². The van der Waals surface area contributed by atoms with Crippen LogP contribution >= 0.6 is 0 Å². The molecular weight excluding hydrogens is 394 g/mol. The third-order valence-electron chi connectivity index (χ3n) is 4.53. The van der Waals surface area contributed by atoms with E-state index in [9.17, 15) is 14.4 Å². The normalized spacial score (nSPS) is 11.3. The molecule has 31 heavy (non-hydrogen) atoms. The standard InChI is InChI=1S/C25H23NO5/c1-17(27)20-11-8-12-21(15-20)26-24(28)18(2)31-25(29)22-13-6-7-14-23(22)30-16-19-9-4-3-5-10-19/h3-15,18H,16H2,1-2H3,(H,26,28)/t18-/m1/s1. The molecule has 1 amide bonds. The van der Waals surface area contributed by atoms with Gasteiger partial charge in [-0.2, -0.15) is 0 Å². The molecule has 0 fully saturated rings. The summed E-state index contributed by atoms with van der Waals surface area (Å²) in [5.41, 5.74) is 2.13. The van der Waals surface area contributed by atoms with Gasteiger partial charge in [0.15, 0.2) is 11.9 Å². The Kier molecular flexibility index (Phi) is 7.17. The van der Waals surface area contributed by atoms with Gasteiger partial charge in [-0.15, -0.1) is 0 Å². The van der Waals surface area contributed by atoms with E-state index in [2.05, 4.69) is 5.32 Å². The molecule has 158 valence electrons. The molecule has 3 aromatic carbocycles. The molecule has 3 rings (SSSR count). The average Bonchev–Trinajstić information content (AvgIpc) is 2.78. The van der Waals surface area contributed by atoms with Gasteiger partial charge < -0.3 is 14.8 Å². The molecule has 6 nitrogen and oxygen atoms in total. The quantitative estimate of drug-likeness (QED) is 0.426. The molecule has 0 unspecified atom stereocenters. The summed E-state index contributed by atoms with van der Waals surface area (Å²) in [7, 11) is 0. The van der Waals surface area contributed by atoms with E-state index >= 15 is 0 Å². The lowest BCUT2D eigenvalue weighted by Gasteiger charge is -2.15. The number of amides is 1. The van der Waals surface area contributed by atoms with Gasteiger partial charge in [-0.05, 0) is 43.7 Å². The SMILES string of the molecule is CC(=O)c1cccc(NC(=O)[C@@H](C)OC(=O)c2ccccc2OCc2ccccc2)c1. The molecule has 0 saturated heterocycles. The number of rotatable bonds is 8. The first-order valence-corrected chi connectivity index (χ1v) is 9.82. The van der Waals surface area contributed by atoms with E-state index in [1.807, 2.05) is 30.3 Å². The number of ether oxygens (including phenoxy) is 2. The Morgan fingerprint density at radius 2 is 1.61 bits per heavy atom. The fourth-order valence-electron chi connectivity index (χ4n) is 2.83. The van der Waals surface area contributed by atoms with Gasteiger partial charge in [0.25, 0.3) is 5.91 Å². The summed E-state index contributed by atoms with van der Waals surface area (Å²) in [6.45, 7) is 3.23. The van der Waals surface area contributed by atoms with Crippen LogP contribution in [0.4, 0.5) is 5.69 Å². The highest BCUT2D eigenvalue weighted by molar-refractivity contribution is 6.00. The maximum Gasteiger partial charge on any atom is 0.342 e. The van der Waals surface area contributed by atoms with Crippen LogP contribution in [0.25, 0.3) is 0 Å². The molecule has 0 aliphatic rings. The zero-order valence-electron chi connectivity index (χ0n) is 17.3. The Morgan fingerprint density at radius 3 is 2.35 bits per heavy atom. The van der Waals surface area contributed by atoms with Crippen LogP contribution in [0.1, 0.15) is 40.1 Å². The van der Waals surface area contributed by atoms with E-state index in [0.717, 1.165) is 5.56 Å². The Bertz CT molecular complexity index is 1080. The first-order valence-electron chi connectivity index (χ1n) is 9.82. The van der Waals surface area contributed by atoms with Crippen molar-refractivity contribution >= 4 is 23.3 Å². The molecule has 0 radical (unpaired) electrons. The second kappa shape index (κ2) is 10.2. The van der Waals surface area contributed by atoms with Gasteiger partial charge in [0.1, 0.15) is 17.9 Å². The smallest absolute Gasteiger partial charge is 0.342 e. The molecule has 0 spiro atoms. The number of benzene rings is 3. The van der Waals surface area contributed by atoms with E-state index in [0.29, 0.717) is 23.6 Å². The second-order valence-electron chi connectivity index (χ2n) is 6.94. The van der Waals surface area contributed by atoms with Crippen LogP contribution in [0, 0.1) is 0 Å². The number of esters is 1. The molecule has 0 saturated carbocycles. The van der Waals surface area contributed by atoms with E-state index in [-0.39, 0.29) is 11.3 Å². The van der Waals surface area contributed by atoms with Crippen molar-refractivity contribution in [3.8, 4) is 5.75 Å². The number of anilines is 1. The van der Waals surface area contributed by atoms with Gasteiger partial charge in [0.05, 0.1) is 0 Å². The minimum Gasteiger partial charge on any atom is -0.488 e. The van der Waals surface area contributed by atoms with Crippen LogP contribution in [0.15, 0.2) is 78.9 Å². The van der Waals surface area contributed by atoms with E-state index in [4.69, 9.17) is 9.47 Å². The van der Waals surface area contributed by atoms with Gasteiger partial charge in [0.2, 0.25) is 0 Å². The van der Waals surface area contributed by atoms with Crippen molar-refractivity contribution in [3.05, 3.63) is 95.6 Å². The first kappa shape index (κ1) is 21.8. The van der Waals surface area contributed by atoms with Gasteiger partial charge >= 0.3 is 5.97 Å². The van der Waals surface area contributed by atoms with Crippen molar-refractivity contribution in [2.45, 2.75) is 26.6 Å². The highest BCUT2D eigenvalue weighted by Gasteiger charge is 2.21. The molecule has 0 bridgehead atoms. The summed E-state index contributed by atoms with van der Waals surface area (Å²) < 4.78 is 11.1. The molecule has 1 N–H and O–H groups in total. The Hall–Kier alpha value is -3.93. The van der Waals surface area contributed by atoms with Gasteiger partial charge in [-0.25, -0.2) is 4.79 Å². The summed E-state index contributed by atoms with van der Waals surface area (Å²) in [4.78, 5) is 36.6. The van der Waals surface area contributed by atoms with E-state index < -0.39 is 18.0 Å². The van der Waals surface area contributed by atoms with Crippen molar-refractivity contribution in [3.63, 3.8) is 0 Å². The summed E-state index contributed by atoms with van der Waals surface area (Å²) in [6, 6.07) is 22.9. The van der Waals surface area contributed by atoms with Crippen molar-refractivity contribution in [1.29, 1.82) is 0 Å². The highest BCUT2D eigenvalue weighted by atomic mass is 16.5. The maximum absolute atomic E-state index is 12.7. The van der Waals surface area contributed by atoms with Gasteiger partial charge in [-0.1, -0.05) is 54.6 Å². The minimum atomic E-state index is -1.05. The predicted octanol–water partition coefficient (Wildman–Crippen LogP) is 4.65. The summed E-state index contributed by atoms with van der Waals surface area (Å²) in [5.74, 6) is -0.902. The number of carbonyl (C=O) groups excluding carboxylic acids is 3. The molecule has 0 aliphatic heterocycles. The lowest BCUT2D eigenvalue weighted by atomic mass is 10.1. The van der Waals surface area contributed by atoms with Crippen LogP contribution in [-0.2, 0) is 16.1 Å².